The lowest BCUT2D eigenvalue weighted by Gasteiger charge is -2.20. The Morgan fingerprint density at radius 3 is 2.29 bits per heavy atom. The lowest BCUT2D eigenvalue weighted by atomic mass is 9.93. The highest BCUT2D eigenvalue weighted by Gasteiger charge is 2.29. The van der Waals surface area contributed by atoms with Crippen LogP contribution >= 0.6 is 15.9 Å². The zero-order valence-corrected chi connectivity index (χ0v) is 18.2. The van der Waals surface area contributed by atoms with Crippen LogP contribution in [0, 0.1) is 0 Å². The molecule has 0 bridgehead atoms. The number of nitrogens with zero attached hydrogens (tertiary/aromatic N) is 1. The zero-order valence-electron chi connectivity index (χ0n) is 16.6. The Hall–Kier alpha value is -3.60. The summed E-state index contributed by atoms with van der Waals surface area (Å²) in [6.45, 7) is 5.11. The number of aromatic carboxylic acids is 2. The van der Waals surface area contributed by atoms with Crippen LogP contribution in [0.3, 0.4) is 0 Å². The number of benzene rings is 1. The molecule has 162 valence electrons. The average molecular weight is 492 g/mol. The third-order valence-corrected chi connectivity index (χ3v) is 4.92. The Morgan fingerprint density at radius 2 is 1.74 bits per heavy atom. The average Bonchev–Trinajstić information content (AvgIpc) is 2.96. The molecule has 31 heavy (non-hydrogen) atoms. The molecule has 0 atom stereocenters. The first-order valence-corrected chi connectivity index (χ1v) is 9.68. The minimum Gasteiger partial charge on any atom is -0.478 e. The first kappa shape index (κ1) is 22.1. The molecule has 3 aromatic rings. The Kier molecular flexibility index (Phi) is 5.40. The van der Waals surface area contributed by atoms with E-state index in [4.69, 9.17) is 10.5 Å². The normalized spacial score (nSPS) is 11.5. The number of aromatic nitrogens is 2. The molecule has 0 aliphatic carbocycles. The molecule has 0 amide bonds. The molecule has 0 unspecified atom stereocenters. The highest BCUT2D eigenvalue weighted by atomic mass is 79.9. The number of H-pyrrole nitrogens is 1. The summed E-state index contributed by atoms with van der Waals surface area (Å²) in [5.41, 5.74) is 2.58. The van der Waals surface area contributed by atoms with Gasteiger partial charge in [0.15, 0.2) is 0 Å². The first-order valence-electron chi connectivity index (χ1n) is 8.89. The topological polar surface area (TPSA) is 165 Å². The second-order valence-electron chi connectivity index (χ2n) is 7.63. The van der Waals surface area contributed by atoms with Gasteiger partial charge in [-0.1, -0.05) is 12.1 Å². The second-order valence-corrected chi connectivity index (χ2v) is 8.48. The zero-order chi connectivity index (χ0) is 23.2. The van der Waals surface area contributed by atoms with Gasteiger partial charge in [0, 0.05) is 21.6 Å². The van der Waals surface area contributed by atoms with Crippen LogP contribution in [0.4, 0.5) is 10.6 Å². The van der Waals surface area contributed by atoms with Crippen molar-refractivity contribution >= 4 is 50.7 Å². The van der Waals surface area contributed by atoms with Crippen LogP contribution in [-0.4, -0.2) is 43.4 Å². The lowest BCUT2D eigenvalue weighted by Crippen LogP contribution is -2.26. The quantitative estimate of drug-likeness (QED) is 0.431. The molecule has 1 aromatic carbocycles. The van der Waals surface area contributed by atoms with Gasteiger partial charge in [-0.2, -0.15) is 0 Å². The molecule has 11 heteroatoms. The highest BCUT2D eigenvalue weighted by molar-refractivity contribution is 9.10. The third-order valence-electron chi connectivity index (χ3n) is 4.32. The van der Waals surface area contributed by atoms with Crippen molar-refractivity contribution in [3.63, 3.8) is 0 Å². The van der Waals surface area contributed by atoms with E-state index in [1.54, 1.807) is 26.8 Å². The predicted molar refractivity (Wildman–Crippen MR) is 116 cm³/mol. The maximum absolute atomic E-state index is 12.7. The number of aromatic amines is 1. The molecule has 2 aromatic heterocycles. The van der Waals surface area contributed by atoms with Crippen LogP contribution in [0.1, 0.15) is 41.5 Å². The number of hydrogen-bond donors (Lipinski definition) is 4. The fourth-order valence-corrected chi connectivity index (χ4v) is 3.85. The summed E-state index contributed by atoms with van der Waals surface area (Å²) in [7, 11) is 0. The largest absolute Gasteiger partial charge is 0.478 e. The molecule has 10 nitrogen and oxygen atoms in total. The van der Waals surface area contributed by atoms with Gasteiger partial charge in [-0.05, 0) is 48.3 Å². The number of rotatable bonds is 3. The van der Waals surface area contributed by atoms with Crippen molar-refractivity contribution in [2.45, 2.75) is 26.4 Å². The van der Waals surface area contributed by atoms with E-state index < -0.39 is 46.1 Å². The van der Waals surface area contributed by atoms with Gasteiger partial charge in [-0.3, -0.25) is 9.36 Å². The molecular formula is C20H18BrN3O7. The Balaban J connectivity index is 2.44. The minimum atomic E-state index is -1.63. The summed E-state index contributed by atoms with van der Waals surface area (Å²) in [4.78, 5) is 50.8. The molecule has 0 fully saturated rings. The van der Waals surface area contributed by atoms with E-state index in [1.165, 1.54) is 22.9 Å². The molecule has 0 saturated heterocycles. The number of pyridine rings is 1. The number of anilines is 1. The van der Waals surface area contributed by atoms with Crippen molar-refractivity contribution in [2.75, 3.05) is 5.73 Å². The monoisotopic (exact) mass is 491 g/mol. The van der Waals surface area contributed by atoms with Crippen LogP contribution in [0.5, 0.6) is 0 Å². The summed E-state index contributed by atoms with van der Waals surface area (Å²) in [5.74, 6) is -3.64. The van der Waals surface area contributed by atoms with E-state index in [2.05, 4.69) is 20.9 Å². The van der Waals surface area contributed by atoms with Crippen molar-refractivity contribution in [3.05, 3.63) is 50.3 Å². The molecule has 0 aliphatic rings. The van der Waals surface area contributed by atoms with E-state index in [-0.39, 0.29) is 11.1 Å². The van der Waals surface area contributed by atoms with E-state index >= 15 is 0 Å². The highest BCUT2D eigenvalue weighted by Crippen LogP contribution is 2.39. The Morgan fingerprint density at radius 1 is 1.13 bits per heavy atom. The summed E-state index contributed by atoms with van der Waals surface area (Å²) in [6.07, 6.45) is 0.724. The Bertz CT molecular complexity index is 1320. The Labute approximate surface area is 183 Å². The number of carboxylic acids is 2. The summed E-state index contributed by atoms with van der Waals surface area (Å²) >= 11 is 3.33. The van der Waals surface area contributed by atoms with E-state index in [0.717, 1.165) is 0 Å². The van der Waals surface area contributed by atoms with Crippen molar-refractivity contribution in [1.29, 1.82) is 0 Å². The predicted octanol–water partition coefficient (Wildman–Crippen LogP) is 3.52. The van der Waals surface area contributed by atoms with Gasteiger partial charge in [-0.25, -0.2) is 14.4 Å². The standard InChI is InChI=1S/C20H18BrN3O7/c1-20(2,3)31-19(30)24-7-9(21)11-8(5-4-6-10(11)24)12-13(17(26)27)15(22)23-16(25)14(12)18(28)29/h4-7H,1-3H3,(H,26,27)(H,28,29)(H3,22,23,25). The van der Waals surface area contributed by atoms with Crippen LogP contribution < -0.4 is 11.3 Å². The first-order chi connectivity index (χ1) is 14.3. The molecule has 0 saturated carbocycles. The smallest absolute Gasteiger partial charge is 0.419 e. The van der Waals surface area contributed by atoms with Gasteiger partial charge in [0.2, 0.25) is 0 Å². The van der Waals surface area contributed by atoms with E-state index in [9.17, 15) is 29.4 Å². The molecular weight excluding hydrogens is 474 g/mol. The number of carboxylic acid groups (broad SMARTS) is 2. The van der Waals surface area contributed by atoms with Crippen molar-refractivity contribution in [3.8, 4) is 11.1 Å². The number of nitrogens with one attached hydrogen (secondary N) is 1. The molecule has 0 radical (unpaired) electrons. The molecule has 0 spiro atoms. The molecule has 5 N–H and O–H groups in total. The number of halogens is 1. The van der Waals surface area contributed by atoms with Gasteiger partial charge in [0.1, 0.15) is 22.5 Å². The number of ether oxygens (including phenoxy) is 1. The van der Waals surface area contributed by atoms with Crippen LogP contribution in [0.25, 0.3) is 22.0 Å². The third kappa shape index (κ3) is 3.91. The number of nitrogens with two attached hydrogens (primary N) is 1. The van der Waals surface area contributed by atoms with Gasteiger partial charge in [-0.15, -0.1) is 0 Å². The minimum absolute atomic E-state index is 0.0966. The van der Waals surface area contributed by atoms with Gasteiger partial charge >= 0.3 is 18.0 Å². The summed E-state index contributed by atoms with van der Waals surface area (Å²) < 4.78 is 6.95. The number of hydrogen-bond acceptors (Lipinski definition) is 6. The van der Waals surface area contributed by atoms with Gasteiger partial charge in [0.05, 0.1) is 5.52 Å². The number of nitrogen functional groups attached to an aromatic ring is 1. The number of carbonyl (C=O) groups excluding carboxylic acids is 1. The van der Waals surface area contributed by atoms with Gasteiger partial charge in [0.25, 0.3) is 5.56 Å². The van der Waals surface area contributed by atoms with Crippen LogP contribution in [-0.2, 0) is 4.74 Å². The number of carbonyl (C=O) groups is 3. The van der Waals surface area contributed by atoms with E-state index in [0.29, 0.717) is 15.4 Å². The van der Waals surface area contributed by atoms with Gasteiger partial charge < -0.3 is 25.7 Å². The lowest BCUT2D eigenvalue weighted by molar-refractivity contribution is 0.0542. The van der Waals surface area contributed by atoms with Crippen LogP contribution in [0.2, 0.25) is 0 Å². The maximum atomic E-state index is 12.7. The molecule has 3 rings (SSSR count). The maximum Gasteiger partial charge on any atom is 0.419 e. The van der Waals surface area contributed by atoms with Crippen molar-refractivity contribution < 1.29 is 29.3 Å². The SMILES string of the molecule is CC(C)(C)OC(=O)n1cc(Br)c2c(-c3c(C(=O)O)c(N)[nH]c(=O)c3C(=O)O)cccc21. The molecule has 2 heterocycles. The molecule has 0 aliphatic heterocycles. The number of fused-ring (bicyclic) bond motifs is 1. The fraction of sp³-hybridized carbons (Fsp3) is 0.200. The van der Waals surface area contributed by atoms with Crippen LogP contribution in [0.15, 0.2) is 33.7 Å². The summed E-state index contributed by atoms with van der Waals surface area (Å²) in [5, 5.41) is 19.6. The fourth-order valence-electron chi connectivity index (χ4n) is 3.23. The second kappa shape index (κ2) is 7.58. The summed E-state index contributed by atoms with van der Waals surface area (Å²) in [6, 6.07) is 4.52. The van der Waals surface area contributed by atoms with Crippen molar-refractivity contribution in [1.82, 2.24) is 9.55 Å². The van der Waals surface area contributed by atoms with E-state index in [1.807, 2.05) is 0 Å². The van der Waals surface area contributed by atoms with Crippen molar-refractivity contribution in [2.24, 2.45) is 0 Å².